The first-order valence-corrected chi connectivity index (χ1v) is 9.57. The first-order valence-electron chi connectivity index (χ1n) is 8.76. The van der Waals surface area contributed by atoms with Crippen LogP contribution in [0.1, 0.15) is 45.7 Å². The highest BCUT2D eigenvalue weighted by Crippen LogP contribution is 2.41. The molecular weight excluding hydrogens is 360 g/mol. The van der Waals surface area contributed by atoms with Crippen LogP contribution in [0.3, 0.4) is 0 Å². The van der Waals surface area contributed by atoms with Crippen LogP contribution < -0.4 is 4.74 Å². The van der Waals surface area contributed by atoms with E-state index in [1.54, 1.807) is 6.07 Å². The van der Waals surface area contributed by atoms with Crippen molar-refractivity contribution >= 4 is 17.4 Å². The molecule has 0 atom stereocenters. The molecule has 0 heterocycles. The number of nitro groups is 1. The molecule has 0 aliphatic rings. The van der Waals surface area contributed by atoms with Crippen molar-refractivity contribution in [2.24, 2.45) is 5.92 Å². The SMILES string of the molecule is CC(C)COc1ccc([N+](=O)[O-])c(C#N)c1Sc1ccc(C(C)(C)C)cc1. The van der Waals surface area contributed by atoms with E-state index in [9.17, 15) is 15.4 Å². The van der Waals surface area contributed by atoms with E-state index in [-0.39, 0.29) is 16.7 Å². The summed E-state index contributed by atoms with van der Waals surface area (Å²) >= 11 is 1.32. The minimum absolute atomic E-state index is 0.0335. The molecule has 2 aromatic carbocycles. The Balaban J connectivity index is 2.47. The Kier molecular flexibility index (Phi) is 6.50. The fourth-order valence-electron chi connectivity index (χ4n) is 2.43. The second kappa shape index (κ2) is 8.45. The predicted octanol–water partition coefficient (Wildman–Crippen LogP) is 5.95. The molecule has 2 rings (SSSR count). The van der Waals surface area contributed by atoms with Crippen LogP contribution in [-0.2, 0) is 5.41 Å². The van der Waals surface area contributed by atoms with Gasteiger partial charge in [-0.1, -0.05) is 58.5 Å². The molecule has 0 aliphatic carbocycles. The molecule has 2 aromatic rings. The molecule has 6 heteroatoms. The molecule has 0 radical (unpaired) electrons. The van der Waals surface area contributed by atoms with E-state index in [2.05, 4.69) is 20.8 Å². The highest BCUT2D eigenvalue weighted by molar-refractivity contribution is 7.99. The number of nitro benzene ring substituents is 1. The van der Waals surface area contributed by atoms with Crippen LogP contribution in [0.2, 0.25) is 0 Å². The van der Waals surface area contributed by atoms with E-state index in [1.165, 1.54) is 23.4 Å². The topological polar surface area (TPSA) is 76.2 Å². The Morgan fingerprint density at radius 3 is 2.30 bits per heavy atom. The summed E-state index contributed by atoms with van der Waals surface area (Å²) in [6.45, 7) is 10.9. The summed E-state index contributed by atoms with van der Waals surface area (Å²) < 4.78 is 5.83. The van der Waals surface area contributed by atoms with Gasteiger partial charge in [0.25, 0.3) is 5.69 Å². The molecule has 142 valence electrons. The molecule has 0 saturated heterocycles. The predicted molar refractivity (Wildman–Crippen MR) is 107 cm³/mol. The highest BCUT2D eigenvalue weighted by atomic mass is 32.2. The number of benzene rings is 2. The Morgan fingerprint density at radius 1 is 1.19 bits per heavy atom. The molecular formula is C21H24N2O3S. The minimum atomic E-state index is -0.530. The van der Waals surface area contributed by atoms with Crippen molar-refractivity contribution in [2.45, 2.75) is 49.8 Å². The maximum absolute atomic E-state index is 11.3. The standard InChI is InChI=1S/C21H24N2O3S/c1-14(2)13-26-19-11-10-18(23(24)25)17(12-22)20(19)27-16-8-6-15(7-9-16)21(3,4)5/h6-11,14H,13H2,1-5H3. The summed E-state index contributed by atoms with van der Waals surface area (Å²) in [6, 6.07) is 12.9. The highest BCUT2D eigenvalue weighted by Gasteiger charge is 2.23. The fraction of sp³-hybridized carbons (Fsp3) is 0.381. The fourth-order valence-corrected chi connectivity index (χ4v) is 3.41. The molecule has 0 amide bonds. The third-order valence-corrected chi connectivity index (χ3v) is 5.04. The second-order valence-corrected chi connectivity index (χ2v) is 8.82. The maximum atomic E-state index is 11.3. The minimum Gasteiger partial charge on any atom is -0.492 e. The summed E-state index contributed by atoms with van der Waals surface area (Å²) in [5.74, 6) is 0.797. The van der Waals surface area contributed by atoms with Crippen molar-refractivity contribution in [1.82, 2.24) is 0 Å². The van der Waals surface area contributed by atoms with Crippen molar-refractivity contribution in [3.63, 3.8) is 0 Å². The zero-order valence-electron chi connectivity index (χ0n) is 16.3. The lowest BCUT2D eigenvalue weighted by atomic mass is 9.87. The van der Waals surface area contributed by atoms with Crippen LogP contribution in [0.4, 0.5) is 5.69 Å². The molecule has 0 bridgehead atoms. The number of hydrogen-bond acceptors (Lipinski definition) is 5. The Morgan fingerprint density at radius 2 is 1.81 bits per heavy atom. The first-order chi connectivity index (χ1) is 12.6. The van der Waals surface area contributed by atoms with Crippen molar-refractivity contribution in [3.05, 3.63) is 57.6 Å². The van der Waals surface area contributed by atoms with Gasteiger partial charge in [-0.25, -0.2) is 0 Å². The van der Waals surface area contributed by atoms with Crippen molar-refractivity contribution in [3.8, 4) is 11.8 Å². The summed E-state index contributed by atoms with van der Waals surface area (Å²) in [7, 11) is 0. The smallest absolute Gasteiger partial charge is 0.288 e. The van der Waals surface area contributed by atoms with Gasteiger partial charge in [0.15, 0.2) is 0 Å². The van der Waals surface area contributed by atoms with Gasteiger partial charge < -0.3 is 4.74 Å². The Labute approximate surface area is 164 Å². The van der Waals surface area contributed by atoms with Gasteiger partial charge in [0.2, 0.25) is 0 Å². The summed E-state index contributed by atoms with van der Waals surface area (Å²) in [5, 5.41) is 20.9. The van der Waals surface area contributed by atoms with Crippen molar-refractivity contribution in [1.29, 1.82) is 5.26 Å². The lowest BCUT2D eigenvalue weighted by Gasteiger charge is -2.19. The zero-order chi connectivity index (χ0) is 20.2. The average Bonchev–Trinajstić information content (AvgIpc) is 2.59. The molecule has 0 aliphatic heterocycles. The van der Waals surface area contributed by atoms with Gasteiger partial charge in [-0.2, -0.15) is 5.26 Å². The normalized spacial score (nSPS) is 11.3. The molecule has 27 heavy (non-hydrogen) atoms. The molecule has 5 nitrogen and oxygen atoms in total. The van der Waals surface area contributed by atoms with Crippen molar-refractivity contribution < 1.29 is 9.66 Å². The quantitative estimate of drug-likeness (QED) is 0.454. The van der Waals surface area contributed by atoms with Crippen LogP contribution >= 0.6 is 11.8 Å². The maximum Gasteiger partial charge on any atom is 0.288 e. The summed E-state index contributed by atoms with van der Waals surface area (Å²) in [5.41, 5.74) is 1.06. The van der Waals surface area contributed by atoms with E-state index < -0.39 is 4.92 Å². The first kappa shape index (κ1) is 20.8. The monoisotopic (exact) mass is 384 g/mol. The van der Waals surface area contributed by atoms with Gasteiger partial charge in [-0.3, -0.25) is 10.1 Å². The van der Waals surface area contributed by atoms with Crippen molar-refractivity contribution in [2.75, 3.05) is 6.61 Å². The average molecular weight is 385 g/mol. The van der Waals surface area contributed by atoms with Crippen LogP contribution in [-0.4, -0.2) is 11.5 Å². The van der Waals surface area contributed by atoms with Crippen LogP contribution in [0.15, 0.2) is 46.2 Å². The molecule has 0 saturated carbocycles. The summed E-state index contributed by atoms with van der Waals surface area (Å²) in [4.78, 5) is 12.2. The van der Waals surface area contributed by atoms with E-state index >= 15 is 0 Å². The zero-order valence-corrected chi connectivity index (χ0v) is 17.1. The van der Waals surface area contributed by atoms with Gasteiger partial charge in [0.05, 0.1) is 16.4 Å². The summed E-state index contributed by atoms with van der Waals surface area (Å²) in [6.07, 6.45) is 0. The second-order valence-electron chi connectivity index (χ2n) is 7.74. The van der Waals surface area contributed by atoms with E-state index in [1.807, 2.05) is 44.2 Å². The van der Waals surface area contributed by atoms with Gasteiger partial charge in [0.1, 0.15) is 17.4 Å². The third-order valence-electron chi connectivity index (χ3n) is 3.92. The van der Waals surface area contributed by atoms with Crippen LogP contribution in [0.25, 0.3) is 0 Å². The molecule has 0 aromatic heterocycles. The third kappa shape index (κ3) is 5.24. The van der Waals surface area contributed by atoms with Gasteiger partial charge in [-0.15, -0.1) is 0 Å². The largest absolute Gasteiger partial charge is 0.492 e. The van der Waals surface area contributed by atoms with Gasteiger partial charge >= 0.3 is 0 Å². The lowest BCUT2D eigenvalue weighted by molar-refractivity contribution is -0.385. The molecule has 0 spiro atoms. The Hall–Kier alpha value is -2.52. The van der Waals surface area contributed by atoms with Gasteiger partial charge in [0, 0.05) is 11.0 Å². The van der Waals surface area contributed by atoms with E-state index in [0.717, 1.165) is 4.90 Å². The number of rotatable bonds is 6. The number of nitrogens with zero attached hydrogens (tertiary/aromatic N) is 2. The van der Waals surface area contributed by atoms with Crippen LogP contribution in [0, 0.1) is 27.4 Å². The number of nitriles is 1. The van der Waals surface area contributed by atoms with E-state index in [4.69, 9.17) is 4.74 Å². The van der Waals surface area contributed by atoms with Crippen LogP contribution in [0.5, 0.6) is 5.75 Å². The number of ether oxygens (including phenoxy) is 1. The molecule has 0 N–H and O–H groups in total. The van der Waals surface area contributed by atoms with Gasteiger partial charge in [-0.05, 0) is 35.1 Å². The lowest BCUT2D eigenvalue weighted by Crippen LogP contribution is -2.10. The van der Waals surface area contributed by atoms with E-state index in [0.29, 0.717) is 23.2 Å². The molecule has 0 fully saturated rings. The molecule has 0 unspecified atom stereocenters. The Bertz CT molecular complexity index is 863. The number of hydrogen-bond donors (Lipinski definition) is 0.